The number of urea groups is 1. The van der Waals surface area contributed by atoms with Crippen LogP contribution >= 0.6 is 0 Å². The van der Waals surface area contributed by atoms with E-state index in [4.69, 9.17) is 0 Å². The van der Waals surface area contributed by atoms with Gasteiger partial charge in [0, 0.05) is 12.2 Å². The quantitative estimate of drug-likeness (QED) is 0.853. The fraction of sp³-hybridized carbons (Fsp3) is 0.250. The maximum Gasteiger partial charge on any atom is 0.339 e. The SMILES string of the molecule is Cc1cc(C)nc(N2CCN(S(=O)(=O)c3ccc(F)cc3)C2=O)c1. The van der Waals surface area contributed by atoms with Crippen LogP contribution in [0.1, 0.15) is 11.3 Å². The lowest BCUT2D eigenvalue weighted by Crippen LogP contribution is -2.36. The number of pyridine rings is 1. The van der Waals surface area contributed by atoms with E-state index < -0.39 is 21.9 Å². The molecule has 1 aliphatic rings. The van der Waals surface area contributed by atoms with Crippen LogP contribution in [0, 0.1) is 19.7 Å². The van der Waals surface area contributed by atoms with E-state index in [1.165, 1.54) is 4.90 Å². The van der Waals surface area contributed by atoms with Crippen molar-refractivity contribution in [2.45, 2.75) is 18.7 Å². The molecule has 2 heterocycles. The number of nitrogens with zero attached hydrogens (tertiary/aromatic N) is 3. The molecule has 0 spiro atoms. The molecule has 3 rings (SSSR count). The van der Waals surface area contributed by atoms with Gasteiger partial charge in [-0.1, -0.05) is 0 Å². The van der Waals surface area contributed by atoms with Gasteiger partial charge in [0.25, 0.3) is 10.0 Å². The molecule has 24 heavy (non-hydrogen) atoms. The second kappa shape index (κ2) is 5.86. The van der Waals surface area contributed by atoms with Gasteiger partial charge in [-0.2, -0.15) is 0 Å². The van der Waals surface area contributed by atoms with E-state index in [1.54, 1.807) is 6.07 Å². The summed E-state index contributed by atoms with van der Waals surface area (Å²) in [7, 11) is -4.02. The van der Waals surface area contributed by atoms with E-state index >= 15 is 0 Å². The predicted octanol–water partition coefficient (Wildman–Crippen LogP) is 2.47. The van der Waals surface area contributed by atoms with Crippen LogP contribution < -0.4 is 4.90 Å². The van der Waals surface area contributed by atoms with E-state index in [9.17, 15) is 17.6 Å². The minimum absolute atomic E-state index is 0.0210. The highest BCUT2D eigenvalue weighted by Crippen LogP contribution is 2.25. The Morgan fingerprint density at radius 1 is 1.08 bits per heavy atom. The van der Waals surface area contributed by atoms with Gasteiger partial charge in [0.1, 0.15) is 11.6 Å². The number of carbonyl (C=O) groups excluding carboxylic acids is 1. The molecular weight excluding hydrogens is 333 g/mol. The zero-order valence-corrected chi connectivity index (χ0v) is 14.0. The largest absolute Gasteiger partial charge is 0.339 e. The molecule has 2 aromatic rings. The average Bonchev–Trinajstić information content (AvgIpc) is 2.89. The number of amides is 2. The van der Waals surface area contributed by atoms with Crippen molar-refractivity contribution in [2.24, 2.45) is 0 Å². The Hall–Kier alpha value is -2.48. The molecule has 0 saturated carbocycles. The third-order valence-electron chi connectivity index (χ3n) is 3.73. The molecule has 126 valence electrons. The van der Waals surface area contributed by atoms with Crippen LogP contribution in [-0.4, -0.2) is 36.8 Å². The van der Waals surface area contributed by atoms with Crippen molar-refractivity contribution in [2.75, 3.05) is 18.0 Å². The monoisotopic (exact) mass is 349 g/mol. The number of benzene rings is 1. The third kappa shape index (κ3) is 2.84. The van der Waals surface area contributed by atoms with Crippen LogP contribution in [0.15, 0.2) is 41.3 Å². The van der Waals surface area contributed by atoms with Gasteiger partial charge in [0.15, 0.2) is 0 Å². The Morgan fingerprint density at radius 3 is 2.38 bits per heavy atom. The van der Waals surface area contributed by atoms with E-state index in [2.05, 4.69) is 4.98 Å². The van der Waals surface area contributed by atoms with E-state index in [0.717, 1.165) is 39.8 Å². The summed E-state index contributed by atoms with van der Waals surface area (Å²) in [4.78, 5) is 18.1. The third-order valence-corrected chi connectivity index (χ3v) is 5.52. The van der Waals surface area contributed by atoms with Crippen molar-refractivity contribution in [3.8, 4) is 0 Å². The normalized spacial score (nSPS) is 15.2. The van der Waals surface area contributed by atoms with E-state index in [0.29, 0.717) is 5.82 Å². The molecule has 2 amide bonds. The summed E-state index contributed by atoms with van der Waals surface area (Å²) in [6, 6.07) is 7.35. The first-order chi connectivity index (χ1) is 11.3. The molecule has 0 atom stereocenters. The fourth-order valence-electron chi connectivity index (χ4n) is 2.64. The summed E-state index contributed by atoms with van der Waals surface area (Å²) in [5.74, 6) is -0.114. The molecule has 1 aliphatic heterocycles. The molecule has 1 fully saturated rings. The van der Waals surface area contributed by atoms with Crippen molar-refractivity contribution in [1.82, 2.24) is 9.29 Å². The van der Waals surface area contributed by atoms with Gasteiger partial charge < -0.3 is 0 Å². The van der Waals surface area contributed by atoms with Crippen LogP contribution in [0.25, 0.3) is 0 Å². The van der Waals surface area contributed by atoms with Gasteiger partial charge in [-0.15, -0.1) is 0 Å². The van der Waals surface area contributed by atoms with Gasteiger partial charge in [0.2, 0.25) is 0 Å². The highest BCUT2D eigenvalue weighted by atomic mass is 32.2. The second-order valence-electron chi connectivity index (χ2n) is 5.61. The Bertz CT molecular complexity index is 877. The number of sulfonamides is 1. The van der Waals surface area contributed by atoms with Crippen molar-refractivity contribution in [1.29, 1.82) is 0 Å². The van der Waals surface area contributed by atoms with Gasteiger partial charge in [-0.25, -0.2) is 26.9 Å². The summed E-state index contributed by atoms with van der Waals surface area (Å²) in [5.41, 5.74) is 1.68. The smallest absolute Gasteiger partial charge is 0.276 e. The highest BCUT2D eigenvalue weighted by molar-refractivity contribution is 7.89. The lowest BCUT2D eigenvalue weighted by atomic mass is 10.2. The lowest BCUT2D eigenvalue weighted by molar-refractivity contribution is 0.239. The predicted molar refractivity (Wildman–Crippen MR) is 86.7 cm³/mol. The molecule has 1 aromatic carbocycles. The van der Waals surface area contributed by atoms with E-state index in [-0.39, 0.29) is 18.0 Å². The number of carbonyl (C=O) groups is 1. The van der Waals surface area contributed by atoms with Crippen molar-refractivity contribution in [3.63, 3.8) is 0 Å². The molecule has 0 unspecified atom stereocenters. The summed E-state index contributed by atoms with van der Waals surface area (Å²) >= 11 is 0. The minimum Gasteiger partial charge on any atom is -0.276 e. The van der Waals surface area contributed by atoms with Gasteiger partial charge >= 0.3 is 6.03 Å². The molecule has 0 radical (unpaired) electrons. The average molecular weight is 349 g/mol. The lowest BCUT2D eigenvalue weighted by Gasteiger charge is -2.18. The maximum absolute atomic E-state index is 13.0. The molecule has 0 bridgehead atoms. The number of anilines is 1. The Morgan fingerprint density at radius 2 is 1.75 bits per heavy atom. The zero-order chi connectivity index (χ0) is 17.5. The van der Waals surface area contributed by atoms with Crippen LogP contribution in [0.5, 0.6) is 0 Å². The Labute approximate surface area is 139 Å². The Balaban J connectivity index is 1.92. The summed E-state index contributed by atoms with van der Waals surface area (Å²) in [6.45, 7) is 3.93. The number of rotatable bonds is 3. The standard InChI is InChI=1S/C16H16FN3O3S/c1-11-9-12(2)18-15(10-11)19-7-8-20(16(19)21)24(22,23)14-5-3-13(17)4-6-14/h3-6,9-10H,7-8H2,1-2H3. The number of hydrogen-bond acceptors (Lipinski definition) is 4. The van der Waals surface area contributed by atoms with Crippen LogP contribution in [-0.2, 0) is 10.0 Å². The van der Waals surface area contributed by atoms with Crippen LogP contribution in [0.3, 0.4) is 0 Å². The first kappa shape index (κ1) is 16.4. The number of aromatic nitrogens is 1. The van der Waals surface area contributed by atoms with Crippen molar-refractivity contribution in [3.05, 3.63) is 53.5 Å². The number of hydrogen-bond donors (Lipinski definition) is 0. The zero-order valence-electron chi connectivity index (χ0n) is 13.2. The molecule has 1 aromatic heterocycles. The summed E-state index contributed by atoms with van der Waals surface area (Å²) in [6.07, 6.45) is 0. The molecular formula is C16H16FN3O3S. The van der Waals surface area contributed by atoms with Gasteiger partial charge in [-0.3, -0.25) is 4.90 Å². The first-order valence-electron chi connectivity index (χ1n) is 7.34. The topological polar surface area (TPSA) is 70.6 Å². The molecule has 8 heteroatoms. The second-order valence-corrected chi connectivity index (χ2v) is 7.47. The Kier molecular flexibility index (Phi) is 4.00. The maximum atomic E-state index is 13.0. The summed E-state index contributed by atoms with van der Waals surface area (Å²) in [5, 5.41) is 0. The van der Waals surface area contributed by atoms with Gasteiger partial charge in [0.05, 0.1) is 11.4 Å². The first-order valence-corrected chi connectivity index (χ1v) is 8.78. The number of halogens is 1. The highest BCUT2D eigenvalue weighted by Gasteiger charge is 2.39. The molecule has 6 nitrogen and oxygen atoms in total. The van der Waals surface area contributed by atoms with Crippen molar-refractivity contribution < 1.29 is 17.6 Å². The van der Waals surface area contributed by atoms with Gasteiger partial charge in [-0.05, 0) is 55.8 Å². The fourth-order valence-corrected chi connectivity index (χ4v) is 4.01. The minimum atomic E-state index is -4.02. The molecule has 0 N–H and O–H groups in total. The molecule has 0 aliphatic carbocycles. The van der Waals surface area contributed by atoms with Crippen LogP contribution in [0.4, 0.5) is 15.0 Å². The number of aryl methyl sites for hydroxylation is 2. The van der Waals surface area contributed by atoms with Crippen LogP contribution in [0.2, 0.25) is 0 Å². The van der Waals surface area contributed by atoms with E-state index in [1.807, 2.05) is 19.9 Å². The summed E-state index contributed by atoms with van der Waals surface area (Å²) < 4.78 is 39.0. The molecule has 1 saturated heterocycles. The van der Waals surface area contributed by atoms with Crippen molar-refractivity contribution >= 4 is 21.9 Å².